The Labute approximate surface area is 320 Å². The van der Waals surface area contributed by atoms with Crippen molar-refractivity contribution in [3.05, 3.63) is 168 Å². The van der Waals surface area contributed by atoms with E-state index < -0.39 is 23.9 Å². The summed E-state index contributed by atoms with van der Waals surface area (Å²) in [5.41, 5.74) is 2.57. The maximum atomic E-state index is 10.5. The maximum absolute atomic E-state index is 10.5. The number of carboxylic acid groups (broad SMARTS) is 4. The van der Waals surface area contributed by atoms with E-state index in [4.69, 9.17) is 0 Å². The number of carbonyl (C=O) groups excluding carboxylic acids is 4. The second-order valence-corrected chi connectivity index (χ2v) is 10.7. The van der Waals surface area contributed by atoms with Gasteiger partial charge in [0.05, 0.1) is 68.7 Å². The van der Waals surface area contributed by atoms with Gasteiger partial charge in [0.1, 0.15) is 0 Å². The van der Waals surface area contributed by atoms with Gasteiger partial charge >= 0.3 is 26.2 Å². The van der Waals surface area contributed by atoms with Crippen molar-refractivity contribution in [1.82, 2.24) is 19.9 Å². The quantitative estimate of drug-likeness (QED) is 0.252. The topological polar surface area (TPSA) is 212 Å². The number of benzene rings is 4. The molecule has 0 spiro atoms. The second-order valence-electron chi connectivity index (χ2n) is 10.7. The molecule has 12 nitrogen and oxygen atoms in total. The number of hydrogen-bond acceptors (Lipinski definition) is 12. The maximum Gasteiger partial charge on any atom is 4.00 e. The summed E-state index contributed by atoms with van der Waals surface area (Å²) in [6.45, 7) is 0. The molecule has 8 rings (SSSR count). The minimum atomic E-state index is -1.24. The van der Waals surface area contributed by atoms with Gasteiger partial charge in [0.2, 0.25) is 0 Å². The number of aromatic carboxylic acids is 4. The number of carbonyl (C=O) groups is 4. The van der Waals surface area contributed by atoms with Crippen molar-refractivity contribution in [3.63, 3.8) is 0 Å². The number of hydrogen-bond donors (Lipinski definition) is 0. The smallest absolute Gasteiger partial charge is 0.543 e. The first kappa shape index (κ1) is 39.1. The van der Waals surface area contributed by atoms with E-state index in [9.17, 15) is 39.6 Å². The molecule has 13 heteroatoms. The molecule has 0 amide bonds. The van der Waals surface area contributed by atoms with Crippen molar-refractivity contribution >= 4 is 67.5 Å². The van der Waals surface area contributed by atoms with Crippen molar-refractivity contribution in [2.75, 3.05) is 0 Å². The van der Waals surface area contributed by atoms with E-state index in [0.717, 1.165) is 21.5 Å². The molecule has 0 saturated heterocycles. The SMILES string of the molecule is O=C([O-])c1ccc2ccccc2n1.O=C([O-])c1ccc2ccccc2n1.O=C([O-])c1ccc2ccccc2n1.O=C([O-])c1ccc2ccccc2n1.[Zr+4]. The molecule has 0 N–H and O–H groups in total. The van der Waals surface area contributed by atoms with Crippen LogP contribution in [-0.2, 0) is 26.2 Å². The Kier molecular flexibility index (Phi) is 13.6. The molecule has 256 valence electrons. The molecular weight excluding hydrogens is 756 g/mol. The molecule has 0 atom stereocenters. The molecule has 0 unspecified atom stereocenters. The van der Waals surface area contributed by atoms with E-state index in [2.05, 4.69) is 19.9 Å². The third kappa shape index (κ3) is 10.6. The summed E-state index contributed by atoms with van der Waals surface area (Å²) in [6, 6.07) is 42.0. The van der Waals surface area contributed by atoms with Gasteiger partial charge in [-0.2, -0.15) is 0 Å². The Morgan fingerprint density at radius 3 is 0.679 bits per heavy atom. The predicted octanol–water partition coefficient (Wildman–Crippen LogP) is 2.39. The molecule has 0 radical (unpaired) electrons. The molecule has 0 aliphatic heterocycles. The van der Waals surface area contributed by atoms with E-state index in [-0.39, 0.29) is 49.0 Å². The Morgan fingerprint density at radius 2 is 0.491 bits per heavy atom. The van der Waals surface area contributed by atoms with Gasteiger partial charge in [-0.25, -0.2) is 19.9 Å². The van der Waals surface area contributed by atoms with Crippen molar-refractivity contribution in [2.45, 2.75) is 0 Å². The summed E-state index contributed by atoms with van der Waals surface area (Å²) in [5.74, 6) is -4.98. The Balaban J connectivity index is 0.000000157. The first-order valence-corrected chi connectivity index (χ1v) is 15.4. The number of para-hydroxylation sites is 4. The molecule has 4 aromatic carbocycles. The van der Waals surface area contributed by atoms with Gasteiger partial charge in [-0.15, -0.1) is 0 Å². The summed E-state index contributed by atoms with van der Waals surface area (Å²) >= 11 is 0. The van der Waals surface area contributed by atoms with Gasteiger partial charge in [0.25, 0.3) is 0 Å². The standard InChI is InChI=1S/4C10H7NO2.Zr/c4*12-10(13)9-6-5-7-3-1-2-4-8(7)11-9;/h4*1-6H,(H,12,13);/q;;;;+4/p-4. The second kappa shape index (κ2) is 18.5. The van der Waals surface area contributed by atoms with Crippen LogP contribution in [0, 0.1) is 0 Å². The van der Waals surface area contributed by atoms with Crippen LogP contribution in [-0.4, -0.2) is 43.8 Å². The summed E-state index contributed by atoms with van der Waals surface area (Å²) in [6.07, 6.45) is 0. The molecule has 0 aliphatic carbocycles. The molecule has 0 saturated carbocycles. The van der Waals surface area contributed by atoms with Gasteiger partial charge in [-0.3, -0.25) is 0 Å². The van der Waals surface area contributed by atoms with E-state index in [0.29, 0.717) is 22.1 Å². The van der Waals surface area contributed by atoms with E-state index >= 15 is 0 Å². The summed E-state index contributed by atoms with van der Waals surface area (Å²) in [7, 11) is 0. The predicted molar refractivity (Wildman–Crippen MR) is 184 cm³/mol. The molecule has 53 heavy (non-hydrogen) atoms. The van der Waals surface area contributed by atoms with Crippen LogP contribution in [0.5, 0.6) is 0 Å². The fourth-order valence-electron chi connectivity index (χ4n) is 4.72. The van der Waals surface area contributed by atoms with Crippen molar-refractivity contribution in [2.24, 2.45) is 0 Å². The van der Waals surface area contributed by atoms with E-state index in [1.165, 1.54) is 24.3 Å². The third-order valence-corrected chi connectivity index (χ3v) is 7.23. The zero-order valence-corrected chi connectivity index (χ0v) is 29.9. The van der Waals surface area contributed by atoms with Crippen LogP contribution in [0.4, 0.5) is 0 Å². The normalized spacial score (nSPS) is 9.96. The number of carboxylic acids is 4. The van der Waals surface area contributed by atoms with E-state index in [1.54, 1.807) is 48.5 Å². The van der Waals surface area contributed by atoms with Crippen LogP contribution in [0.1, 0.15) is 42.0 Å². The van der Waals surface area contributed by atoms with Crippen molar-refractivity contribution in [1.29, 1.82) is 0 Å². The summed E-state index contributed by atoms with van der Waals surface area (Å²) < 4.78 is 0. The number of aromatic nitrogens is 4. The fourth-order valence-corrected chi connectivity index (χ4v) is 4.72. The fraction of sp³-hybridized carbons (Fsp3) is 0. The average molecular weight is 780 g/mol. The zero-order valence-electron chi connectivity index (χ0n) is 27.4. The van der Waals surface area contributed by atoms with Gasteiger partial charge in [-0.1, -0.05) is 97.1 Å². The van der Waals surface area contributed by atoms with E-state index in [1.807, 2.05) is 72.8 Å². The van der Waals surface area contributed by atoms with Crippen molar-refractivity contribution in [3.8, 4) is 0 Å². The van der Waals surface area contributed by atoms with Gasteiger partial charge in [0, 0.05) is 21.5 Å². The molecule has 0 fully saturated rings. The zero-order chi connectivity index (χ0) is 37.0. The van der Waals surface area contributed by atoms with Crippen molar-refractivity contribution < 1.29 is 65.8 Å². The monoisotopic (exact) mass is 778 g/mol. The summed E-state index contributed by atoms with van der Waals surface area (Å²) in [5, 5.41) is 45.6. The van der Waals surface area contributed by atoms with Gasteiger partial charge in [-0.05, 0) is 48.5 Å². The Hall–Kier alpha value is -6.72. The summed E-state index contributed by atoms with van der Waals surface area (Å²) in [4.78, 5) is 57.5. The largest absolute Gasteiger partial charge is 4.00 e. The molecule has 0 aliphatic rings. The number of fused-ring (bicyclic) bond motifs is 4. The molecule has 4 aromatic heterocycles. The minimum absolute atomic E-state index is 0. The van der Waals surface area contributed by atoms with Crippen LogP contribution in [0.2, 0.25) is 0 Å². The molecular formula is C40H24N4O8Zr. The molecule has 4 heterocycles. The van der Waals surface area contributed by atoms with Crippen LogP contribution in [0.15, 0.2) is 146 Å². The third-order valence-electron chi connectivity index (χ3n) is 7.23. The van der Waals surface area contributed by atoms with Crippen LogP contribution in [0.25, 0.3) is 43.6 Å². The molecule has 8 aromatic rings. The average Bonchev–Trinajstić information content (AvgIpc) is 3.17. The first-order valence-electron chi connectivity index (χ1n) is 15.4. The Bertz CT molecular complexity index is 2220. The number of pyridine rings is 4. The Morgan fingerprint density at radius 1 is 0.302 bits per heavy atom. The molecule has 0 bridgehead atoms. The number of rotatable bonds is 4. The minimum Gasteiger partial charge on any atom is -0.543 e. The first-order chi connectivity index (χ1) is 25.1. The van der Waals surface area contributed by atoms with Gasteiger partial charge in [0.15, 0.2) is 0 Å². The van der Waals surface area contributed by atoms with Crippen LogP contribution >= 0.6 is 0 Å². The van der Waals surface area contributed by atoms with Crippen LogP contribution in [0.3, 0.4) is 0 Å². The van der Waals surface area contributed by atoms with Crippen LogP contribution < -0.4 is 20.4 Å². The number of nitrogens with zero attached hydrogens (tertiary/aromatic N) is 4. The van der Waals surface area contributed by atoms with Gasteiger partial charge < -0.3 is 39.6 Å².